The number of hydrogen-bond donors (Lipinski definition) is 1. The molecule has 2 heterocycles. The highest BCUT2D eigenvalue weighted by molar-refractivity contribution is 5.40. The van der Waals surface area contributed by atoms with Crippen LogP contribution in [0.1, 0.15) is 23.1 Å². The smallest absolute Gasteiger partial charge is 0.134 e. The second kappa shape index (κ2) is 7.07. The van der Waals surface area contributed by atoms with Gasteiger partial charge in [0.05, 0.1) is 12.8 Å². The van der Waals surface area contributed by atoms with Crippen LogP contribution in [0.2, 0.25) is 0 Å². The molecular weight excluding hydrogens is 290 g/mol. The highest BCUT2D eigenvalue weighted by Gasteiger charge is 2.17. The molecule has 0 saturated carbocycles. The molecule has 1 N–H and O–H groups in total. The molecule has 0 unspecified atom stereocenters. The van der Waals surface area contributed by atoms with E-state index in [1.54, 1.807) is 24.7 Å². The molecule has 0 aliphatic carbocycles. The Labute approximate surface area is 135 Å². The van der Waals surface area contributed by atoms with E-state index < -0.39 is 6.10 Å². The van der Waals surface area contributed by atoms with Gasteiger partial charge in [-0.1, -0.05) is 30.3 Å². The van der Waals surface area contributed by atoms with Crippen LogP contribution in [0.15, 0.2) is 65.5 Å². The number of aliphatic hydroxyl groups excluding tert-OH is 1. The number of nitrogens with zero attached hydrogens (tertiary/aromatic N) is 3. The zero-order chi connectivity index (χ0) is 16.1. The summed E-state index contributed by atoms with van der Waals surface area (Å²) in [5.41, 5.74) is 2.04. The summed E-state index contributed by atoms with van der Waals surface area (Å²) < 4.78 is 5.30. The number of aliphatic hydroxyl groups is 1. The summed E-state index contributed by atoms with van der Waals surface area (Å²) >= 11 is 0. The second-order valence-electron chi connectivity index (χ2n) is 5.41. The van der Waals surface area contributed by atoms with E-state index >= 15 is 0 Å². The molecule has 0 fully saturated rings. The van der Waals surface area contributed by atoms with Crippen LogP contribution in [0.4, 0.5) is 5.82 Å². The molecule has 3 rings (SSSR count). The summed E-state index contributed by atoms with van der Waals surface area (Å²) in [6.45, 7) is 2.96. The maximum Gasteiger partial charge on any atom is 0.134 e. The number of anilines is 1. The Morgan fingerprint density at radius 1 is 1.13 bits per heavy atom. The van der Waals surface area contributed by atoms with Gasteiger partial charge in [0.25, 0.3) is 0 Å². The molecule has 3 aromatic rings. The van der Waals surface area contributed by atoms with Crippen LogP contribution in [0.25, 0.3) is 0 Å². The fourth-order valence-electron chi connectivity index (χ4n) is 2.44. The quantitative estimate of drug-likeness (QED) is 0.758. The number of hydrogen-bond acceptors (Lipinski definition) is 5. The monoisotopic (exact) mass is 309 g/mol. The predicted octanol–water partition coefficient (Wildman–Crippen LogP) is 3.12. The average molecular weight is 309 g/mol. The first-order valence-corrected chi connectivity index (χ1v) is 7.51. The van der Waals surface area contributed by atoms with Crippen molar-refractivity contribution in [2.45, 2.75) is 19.6 Å². The molecule has 0 amide bonds. The highest BCUT2D eigenvalue weighted by Crippen LogP contribution is 2.21. The molecule has 1 atom stereocenters. The van der Waals surface area contributed by atoms with E-state index in [4.69, 9.17) is 4.42 Å². The van der Waals surface area contributed by atoms with Crippen molar-refractivity contribution in [3.63, 3.8) is 0 Å². The molecular formula is C18H19N3O2. The Bertz CT molecular complexity index is 729. The topological polar surface area (TPSA) is 62.4 Å². The van der Waals surface area contributed by atoms with Gasteiger partial charge < -0.3 is 14.4 Å². The lowest BCUT2D eigenvalue weighted by Crippen LogP contribution is -2.29. The maximum absolute atomic E-state index is 10.4. The number of aryl methyl sites for hydroxylation is 1. The van der Waals surface area contributed by atoms with Gasteiger partial charge in [-0.2, -0.15) is 0 Å². The minimum absolute atomic E-state index is 0.388. The van der Waals surface area contributed by atoms with Crippen molar-refractivity contribution in [1.82, 2.24) is 9.97 Å². The lowest BCUT2D eigenvalue weighted by molar-refractivity contribution is 0.154. The third-order valence-corrected chi connectivity index (χ3v) is 3.59. The van der Waals surface area contributed by atoms with Crippen molar-refractivity contribution < 1.29 is 9.52 Å². The fourth-order valence-corrected chi connectivity index (χ4v) is 2.44. The molecule has 0 saturated heterocycles. The highest BCUT2D eigenvalue weighted by atomic mass is 16.4. The number of rotatable bonds is 6. The first kappa shape index (κ1) is 15.2. The van der Waals surface area contributed by atoms with E-state index in [-0.39, 0.29) is 0 Å². The van der Waals surface area contributed by atoms with Gasteiger partial charge in [0, 0.05) is 18.3 Å². The van der Waals surface area contributed by atoms with E-state index in [9.17, 15) is 5.11 Å². The van der Waals surface area contributed by atoms with Gasteiger partial charge in [-0.15, -0.1) is 0 Å². The van der Waals surface area contributed by atoms with Gasteiger partial charge >= 0.3 is 0 Å². The Balaban J connectivity index is 1.83. The Kier molecular flexibility index (Phi) is 4.68. The first-order chi connectivity index (χ1) is 11.2. The van der Waals surface area contributed by atoms with Crippen molar-refractivity contribution in [2.24, 2.45) is 0 Å². The minimum Gasteiger partial charge on any atom is -0.467 e. The van der Waals surface area contributed by atoms with Crippen LogP contribution in [-0.2, 0) is 6.54 Å². The lowest BCUT2D eigenvalue weighted by atomic mass is 10.2. The SMILES string of the molecule is Cc1cc(N(Cc2ccccc2)C[C@H](O)c2ccco2)ncn1. The maximum atomic E-state index is 10.4. The minimum atomic E-state index is -0.719. The van der Waals surface area contributed by atoms with E-state index in [1.165, 1.54) is 0 Å². The van der Waals surface area contributed by atoms with Crippen LogP contribution in [0, 0.1) is 6.92 Å². The van der Waals surface area contributed by atoms with Crippen molar-refractivity contribution in [1.29, 1.82) is 0 Å². The summed E-state index contributed by atoms with van der Waals surface area (Å²) in [6, 6.07) is 15.6. The van der Waals surface area contributed by atoms with E-state index in [1.807, 2.05) is 36.1 Å². The van der Waals surface area contributed by atoms with Crippen LogP contribution >= 0.6 is 0 Å². The Morgan fingerprint density at radius 3 is 2.65 bits per heavy atom. The summed E-state index contributed by atoms with van der Waals surface area (Å²) in [7, 11) is 0. The van der Waals surface area contributed by atoms with Crippen molar-refractivity contribution in [2.75, 3.05) is 11.4 Å². The lowest BCUT2D eigenvalue weighted by Gasteiger charge is -2.26. The molecule has 0 aliphatic rings. The first-order valence-electron chi connectivity index (χ1n) is 7.51. The number of benzene rings is 1. The molecule has 0 radical (unpaired) electrons. The van der Waals surface area contributed by atoms with E-state index in [0.717, 1.165) is 17.1 Å². The molecule has 23 heavy (non-hydrogen) atoms. The van der Waals surface area contributed by atoms with Crippen molar-refractivity contribution >= 4 is 5.82 Å². The molecule has 0 bridgehead atoms. The average Bonchev–Trinajstić information content (AvgIpc) is 3.10. The van der Waals surface area contributed by atoms with Crippen LogP contribution in [0.3, 0.4) is 0 Å². The third kappa shape index (κ3) is 3.96. The van der Waals surface area contributed by atoms with Gasteiger partial charge in [-0.05, 0) is 24.6 Å². The van der Waals surface area contributed by atoms with Crippen LogP contribution < -0.4 is 4.90 Å². The summed E-state index contributed by atoms with van der Waals surface area (Å²) in [4.78, 5) is 10.5. The summed E-state index contributed by atoms with van der Waals surface area (Å²) in [5.74, 6) is 1.33. The molecule has 0 spiro atoms. The van der Waals surface area contributed by atoms with Crippen molar-refractivity contribution in [3.05, 3.63) is 78.1 Å². The van der Waals surface area contributed by atoms with Gasteiger partial charge in [-0.3, -0.25) is 0 Å². The third-order valence-electron chi connectivity index (χ3n) is 3.59. The molecule has 2 aromatic heterocycles. The Hall–Kier alpha value is -2.66. The van der Waals surface area contributed by atoms with Crippen LogP contribution in [0.5, 0.6) is 0 Å². The number of aromatic nitrogens is 2. The summed E-state index contributed by atoms with van der Waals surface area (Å²) in [6.07, 6.45) is 2.39. The summed E-state index contributed by atoms with van der Waals surface area (Å²) in [5, 5.41) is 10.4. The van der Waals surface area contributed by atoms with E-state index in [0.29, 0.717) is 18.8 Å². The van der Waals surface area contributed by atoms with Crippen LogP contribution in [-0.4, -0.2) is 21.6 Å². The molecule has 5 heteroatoms. The largest absolute Gasteiger partial charge is 0.467 e. The molecule has 5 nitrogen and oxygen atoms in total. The van der Waals surface area contributed by atoms with Gasteiger partial charge in [0.1, 0.15) is 24.0 Å². The second-order valence-corrected chi connectivity index (χ2v) is 5.41. The fraction of sp³-hybridized carbons (Fsp3) is 0.222. The standard InChI is InChI=1S/C18H19N3O2/c1-14-10-18(20-13-19-14)21(11-15-6-3-2-4-7-15)12-16(22)17-8-5-9-23-17/h2-10,13,16,22H,11-12H2,1H3/t16-/m0/s1. The van der Waals surface area contributed by atoms with Gasteiger partial charge in [0.2, 0.25) is 0 Å². The zero-order valence-corrected chi connectivity index (χ0v) is 13.0. The molecule has 0 aliphatic heterocycles. The van der Waals surface area contributed by atoms with Gasteiger partial charge in [-0.25, -0.2) is 9.97 Å². The number of furan rings is 1. The van der Waals surface area contributed by atoms with Crippen molar-refractivity contribution in [3.8, 4) is 0 Å². The molecule has 1 aromatic carbocycles. The van der Waals surface area contributed by atoms with E-state index in [2.05, 4.69) is 22.1 Å². The normalized spacial score (nSPS) is 12.1. The predicted molar refractivity (Wildman–Crippen MR) is 87.9 cm³/mol. The molecule has 118 valence electrons. The van der Waals surface area contributed by atoms with Gasteiger partial charge in [0.15, 0.2) is 0 Å². The zero-order valence-electron chi connectivity index (χ0n) is 13.0. The Morgan fingerprint density at radius 2 is 1.96 bits per heavy atom.